The Morgan fingerprint density at radius 1 is 1.03 bits per heavy atom. The van der Waals surface area contributed by atoms with E-state index >= 15 is 0 Å². The molecule has 0 N–H and O–H groups in total. The van der Waals surface area contributed by atoms with Crippen LogP contribution >= 0.6 is 0 Å². The molecule has 1 aliphatic heterocycles. The average molecular weight is 499 g/mol. The number of aromatic nitrogens is 1. The monoisotopic (exact) mass is 499 g/mol. The van der Waals surface area contributed by atoms with Crippen LogP contribution < -0.4 is 0 Å². The van der Waals surface area contributed by atoms with E-state index < -0.39 is 36.5 Å². The van der Waals surface area contributed by atoms with Crippen molar-refractivity contribution in [3.63, 3.8) is 0 Å². The summed E-state index contributed by atoms with van der Waals surface area (Å²) >= 11 is 0. The Balaban J connectivity index is 2.01. The number of nitrogens with zero attached hydrogens (tertiary/aromatic N) is 3. The van der Waals surface area contributed by atoms with Gasteiger partial charge >= 0.3 is 12.4 Å². The van der Waals surface area contributed by atoms with Crippen LogP contribution in [0.1, 0.15) is 42.1 Å². The van der Waals surface area contributed by atoms with Crippen molar-refractivity contribution in [1.82, 2.24) is 9.88 Å². The third kappa shape index (κ3) is 5.31. The van der Waals surface area contributed by atoms with E-state index in [2.05, 4.69) is 4.98 Å². The lowest BCUT2D eigenvalue weighted by molar-refractivity contribution is -0.414. The Hall–Kier alpha value is -2.64. The molecule has 35 heavy (non-hydrogen) atoms. The molecule has 1 saturated heterocycles. The number of ether oxygens (including phenoxy) is 1. The normalized spacial score (nSPS) is 19.6. The van der Waals surface area contributed by atoms with E-state index in [0.717, 1.165) is 12.6 Å². The fourth-order valence-corrected chi connectivity index (χ4v) is 5.04. The molecule has 2 aromatic rings. The molecule has 2 heterocycles. The van der Waals surface area contributed by atoms with Gasteiger partial charge in [-0.25, -0.2) is 0 Å². The number of nitriles is 1. The van der Waals surface area contributed by atoms with Crippen LogP contribution in [0.5, 0.6) is 0 Å². The van der Waals surface area contributed by atoms with Gasteiger partial charge in [0.05, 0.1) is 11.6 Å². The molecule has 0 radical (unpaired) electrons. The Kier molecular flexibility index (Phi) is 7.82. The summed E-state index contributed by atoms with van der Waals surface area (Å²) in [6.45, 7) is 2.00. The van der Waals surface area contributed by atoms with Crippen LogP contribution in [-0.4, -0.2) is 47.5 Å². The topological polar surface area (TPSA) is 49.1 Å². The van der Waals surface area contributed by atoms with Crippen molar-refractivity contribution in [3.8, 4) is 6.07 Å². The molecule has 3 rings (SSSR count). The summed E-state index contributed by atoms with van der Waals surface area (Å²) in [4.78, 5) is 5.78. The lowest BCUT2D eigenvalue weighted by Crippen LogP contribution is -2.69. The minimum atomic E-state index is -5.67. The number of aryl methyl sites for hydroxylation is 2. The second kappa shape index (κ2) is 10.2. The minimum Gasteiger partial charge on any atom is -0.358 e. The van der Waals surface area contributed by atoms with Gasteiger partial charge in [-0.1, -0.05) is 18.2 Å². The van der Waals surface area contributed by atoms with E-state index in [9.17, 15) is 26.3 Å². The van der Waals surface area contributed by atoms with Crippen LogP contribution in [0, 0.1) is 23.7 Å². The van der Waals surface area contributed by atoms with E-state index in [0.29, 0.717) is 16.7 Å². The quantitative estimate of drug-likeness (QED) is 0.419. The SMILES string of the molecule is CCOC(C(F)(F)F)(C(F)(F)F)[C@@]1(CCc2ccc(C#N)cc2)CCN(Cc2ccc(C)nc2)C1. The van der Waals surface area contributed by atoms with E-state index in [1.165, 1.54) is 12.1 Å². The van der Waals surface area contributed by atoms with Crippen LogP contribution in [0.25, 0.3) is 0 Å². The first kappa shape index (κ1) is 27.0. The number of rotatable bonds is 8. The first-order chi connectivity index (χ1) is 16.4. The maximum absolute atomic E-state index is 14.5. The third-order valence-corrected chi connectivity index (χ3v) is 6.69. The molecule has 1 aromatic carbocycles. The molecule has 190 valence electrons. The van der Waals surface area contributed by atoms with Gasteiger partial charge in [0.1, 0.15) is 0 Å². The Labute approximate surface area is 200 Å². The van der Waals surface area contributed by atoms with Gasteiger partial charge in [-0.15, -0.1) is 0 Å². The van der Waals surface area contributed by atoms with Crippen LogP contribution in [0.2, 0.25) is 0 Å². The van der Waals surface area contributed by atoms with Gasteiger partial charge in [-0.2, -0.15) is 31.6 Å². The summed E-state index contributed by atoms with van der Waals surface area (Å²) in [5.74, 6) is 0. The summed E-state index contributed by atoms with van der Waals surface area (Å²) in [6.07, 6.45) is -10.5. The highest BCUT2D eigenvalue weighted by atomic mass is 19.4. The number of halogens is 6. The van der Waals surface area contributed by atoms with Crippen LogP contribution in [0.15, 0.2) is 42.6 Å². The van der Waals surface area contributed by atoms with Gasteiger partial charge in [0.2, 0.25) is 0 Å². The lowest BCUT2D eigenvalue weighted by atomic mass is 9.66. The van der Waals surface area contributed by atoms with E-state index in [1.54, 1.807) is 42.3 Å². The zero-order chi connectivity index (χ0) is 25.9. The fourth-order valence-electron chi connectivity index (χ4n) is 5.04. The number of hydrogen-bond donors (Lipinski definition) is 0. The highest BCUT2D eigenvalue weighted by Gasteiger charge is 2.81. The van der Waals surface area contributed by atoms with Crippen LogP contribution in [-0.2, 0) is 17.7 Å². The standard InChI is InChI=1S/C25H27F6N3O/c1-3-35-23(24(26,27)28,25(29,30)31)22(11-10-19-6-8-20(14-32)9-7-19)12-13-34(17-22)16-21-5-4-18(2)33-15-21/h4-9,15H,3,10-13,16-17H2,1-2H3/t22-/m0/s1. The van der Waals surface area contributed by atoms with Crippen molar-refractivity contribution in [1.29, 1.82) is 5.26 Å². The molecule has 0 saturated carbocycles. The van der Waals surface area contributed by atoms with Gasteiger partial charge in [-0.05, 0) is 69.0 Å². The van der Waals surface area contributed by atoms with Crippen molar-refractivity contribution in [2.45, 2.75) is 57.6 Å². The Bertz CT molecular complexity index is 1010. The molecule has 0 amide bonds. The van der Waals surface area contributed by atoms with Crippen molar-refractivity contribution < 1.29 is 31.1 Å². The molecule has 1 fully saturated rings. The summed E-state index contributed by atoms with van der Waals surface area (Å²) < 4.78 is 91.6. The smallest absolute Gasteiger partial charge is 0.358 e. The molecule has 4 nitrogen and oxygen atoms in total. The molecule has 0 bridgehead atoms. The maximum atomic E-state index is 14.5. The zero-order valence-corrected chi connectivity index (χ0v) is 19.5. The van der Waals surface area contributed by atoms with E-state index in [4.69, 9.17) is 10.00 Å². The number of benzene rings is 1. The van der Waals surface area contributed by atoms with Gasteiger partial charge in [0.25, 0.3) is 5.60 Å². The highest BCUT2D eigenvalue weighted by molar-refractivity contribution is 5.32. The number of alkyl halides is 6. The van der Waals surface area contributed by atoms with Gasteiger partial charge in [0.15, 0.2) is 0 Å². The summed E-state index contributed by atoms with van der Waals surface area (Å²) in [5.41, 5.74) is -4.19. The minimum absolute atomic E-state index is 0.0212. The van der Waals surface area contributed by atoms with E-state index in [1.807, 2.05) is 6.07 Å². The van der Waals surface area contributed by atoms with Gasteiger partial charge < -0.3 is 4.74 Å². The lowest BCUT2D eigenvalue weighted by Gasteiger charge is -2.49. The molecule has 0 spiro atoms. The number of likely N-dealkylation sites (tertiary alicyclic amines) is 1. The predicted molar refractivity (Wildman–Crippen MR) is 117 cm³/mol. The largest absolute Gasteiger partial charge is 0.427 e. The zero-order valence-electron chi connectivity index (χ0n) is 19.5. The predicted octanol–water partition coefficient (Wildman–Crippen LogP) is 5.99. The molecule has 1 aromatic heterocycles. The van der Waals surface area contributed by atoms with Crippen LogP contribution in [0.3, 0.4) is 0 Å². The molecular formula is C25H27F6N3O. The second-order valence-electron chi connectivity index (χ2n) is 8.97. The third-order valence-electron chi connectivity index (χ3n) is 6.69. The molecule has 0 aliphatic carbocycles. The maximum Gasteiger partial charge on any atom is 0.427 e. The molecule has 1 aliphatic rings. The summed E-state index contributed by atoms with van der Waals surface area (Å²) in [7, 11) is 0. The van der Waals surface area contributed by atoms with Gasteiger partial charge in [-0.3, -0.25) is 9.88 Å². The first-order valence-electron chi connectivity index (χ1n) is 11.3. The Morgan fingerprint density at radius 2 is 1.66 bits per heavy atom. The number of hydrogen-bond acceptors (Lipinski definition) is 4. The van der Waals surface area contributed by atoms with E-state index in [-0.39, 0.29) is 32.4 Å². The Morgan fingerprint density at radius 3 is 2.17 bits per heavy atom. The van der Waals surface area contributed by atoms with Crippen LogP contribution in [0.4, 0.5) is 26.3 Å². The fraction of sp³-hybridized carbons (Fsp3) is 0.520. The summed E-state index contributed by atoms with van der Waals surface area (Å²) in [5, 5.41) is 8.96. The van der Waals surface area contributed by atoms with Crippen molar-refractivity contribution in [3.05, 3.63) is 65.0 Å². The van der Waals surface area contributed by atoms with Crippen molar-refractivity contribution in [2.75, 3.05) is 19.7 Å². The first-order valence-corrected chi connectivity index (χ1v) is 11.3. The molecule has 10 heteroatoms. The molecule has 0 unspecified atom stereocenters. The highest BCUT2D eigenvalue weighted by Crippen LogP contribution is 2.60. The van der Waals surface area contributed by atoms with Crippen molar-refractivity contribution >= 4 is 0 Å². The molecule has 1 atom stereocenters. The average Bonchev–Trinajstić information content (AvgIpc) is 3.20. The second-order valence-corrected chi connectivity index (χ2v) is 8.97. The summed E-state index contributed by atoms with van der Waals surface area (Å²) in [6, 6.07) is 11.6. The van der Waals surface area contributed by atoms with Crippen molar-refractivity contribution in [2.24, 2.45) is 5.41 Å². The molecular weight excluding hydrogens is 472 g/mol. The number of pyridine rings is 1. The van der Waals surface area contributed by atoms with Gasteiger partial charge in [0, 0.05) is 37.0 Å².